The summed E-state index contributed by atoms with van der Waals surface area (Å²) in [6, 6.07) is 5.01. The number of likely N-dealkylation sites (tertiary alicyclic amines) is 1. The summed E-state index contributed by atoms with van der Waals surface area (Å²) in [6.07, 6.45) is 6.59. The van der Waals surface area contributed by atoms with Crippen molar-refractivity contribution in [3.63, 3.8) is 0 Å². The molecule has 1 fully saturated rings. The third kappa shape index (κ3) is 4.28. The van der Waals surface area contributed by atoms with Gasteiger partial charge in [-0.2, -0.15) is 0 Å². The van der Waals surface area contributed by atoms with E-state index in [0.717, 1.165) is 44.0 Å². The van der Waals surface area contributed by atoms with E-state index >= 15 is 0 Å². The zero-order chi connectivity index (χ0) is 19.5. The van der Waals surface area contributed by atoms with E-state index in [0.29, 0.717) is 22.3 Å². The summed E-state index contributed by atoms with van der Waals surface area (Å²) >= 11 is 11.9. The highest BCUT2D eigenvalue weighted by atomic mass is 35.5. The van der Waals surface area contributed by atoms with Gasteiger partial charge in [-0.15, -0.1) is 10.2 Å². The number of aryl methyl sites for hydroxylation is 1. The Morgan fingerprint density at radius 3 is 2.86 bits per heavy atom. The summed E-state index contributed by atoms with van der Waals surface area (Å²) in [5, 5.41) is 9.78. The van der Waals surface area contributed by atoms with Crippen LogP contribution in [0.25, 0.3) is 0 Å². The SMILES string of the molecule is O=C(COc1ccc(Cl)c(Cl)c1)N1CCCC(c2nnc3n2CCCCC3)C1. The first kappa shape index (κ1) is 19.5. The smallest absolute Gasteiger partial charge is 0.260 e. The van der Waals surface area contributed by atoms with Crippen LogP contribution in [0.4, 0.5) is 0 Å². The Morgan fingerprint density at radius 1 is 1.11 bits per heavy atom. The maximum atomic E-state index is 12.7. The number of amides is 1. The number of rotatable bonds is 4. The van der Waals surface area contributed by atoms with E-state index in [9.17, 15) is 4.79 Å². The zero-order valence-corrected chi connectivity index (χ0v) is 17.3. The molecule has 0 spiro atoms. The minimum Gasteiger partial charge on any atom is -0.484 e. The Bertz CT molecular complexity index is 855. The molecular weight excluding hydrogens is 399 g/mol. The van der Waals surface area contributed by atoms with Crippen molar-refractivity contribution < 1.29 is 9.53 Å². The standard InChI is InChI=1S/C20H24Cl2N4O2/c21-16-8-7-15(11-17(16)22)28-13-19(27)25-9-4-5-14(12-25)20-24-23-18-6-2-1-3-10-26(18)20/h7-8,11,14H,1-6,9-10,12-13H2. The van der Waals surface area contributed by atoms with Gasteiger partial charge in [0.25, 0.3) is 5.91 Å². The molecule has 1 unspecified atom stereocenters. The zero-order valence-electron chi connectivity index (χ0n) is 15.7. The molecule has 0 saturated carbocycles. The molecule has 1 saturated heterocycles. The quantitative estimate of drug-likeness (QED) is 0.743. The highest BCUT2D eigenvalue weighted by molar-refractivity contribution is 6.42. The third-order valence-corrected chi connectivity index (χ3v) is 6.27. The van der Waals surface area contributed by atoms with Gasteiger partial charge in [-0.25, -0.2) is 0 Å². The lowest BCUT2D eigenvalue weighted by atomic mass is 9.97. The molecule has 0 aliphatic carbocycles. The predicted octanol–water partition coefficient (Wildman–Crippen LogP) is 4.10. The number of hydrogen-bond acceptors (Lipinski definition) is 4. The van der Waals surface area contributed by atoms with Gasteiger partial charge < -0.3 is 14.2 Å². The molecule has 2 aliphatic rings. The molecular formula is C20H24Cl2N4O2. The van der Waals surface area contributed by atoms with E-state index in [1.54, 1.807) is 18.2 Å². The van der Waals surface area contributed by atoms with Gasteiger partial charge in [-0.05, 0) is 37.8 Å². The third-order valence-electron chi connectivity index (χ3n) is 5.53. The minimum absolute atomic E-state index is 0.0113. The van der Waals surface area contributed by atoms with E-state index in [1.165, 1.54) is 19.3 Å². The molecule has 8 heteroatoms. The number of benzene rings is 1. The fourth-order valence-electron chi connectivity index (χ4n) is 4.03. The Labute approximate surface area is 174 Å². The number of ether oxygens (including phenoxy) is 1. The second-order valence-electron chi connectivity index (χ2n) is 7.48. The summed E-state index contributed by atoms with van der Waals surface area (Å²) in [5.74, 6) is 2.89. The molecule has 28 heavy (non-hydrogen) atoms. The van der Waals surface area contributed by atoms with Gasteiger partial charge in [-0.3, -0.25) is 4.79 Å². The number of hydrogen-bond donors (Lipinski definition) is 0. The average Bonchev–Trinajstić information content (AvgIpc) is 2.97. The largest absolute Gasteiger partial charge is 0.484 e. The van der Waals surface area contributed by atoms with Gasteiger partial charge in [0, 0.05) is 38.0 Å². The van der Waals surface area contributed by atoms with E-state index in [-0.39, 0.29) is 18.4 Å². The molecule has 0 bridgehead atoms. The number of carbonyl (C=O) groups is 1. The predicted molar refractivity (Wildman–Crippen MR) is 108 cm³/mol. The van der Waals surface area contributed by atoms with E-state index in [2.05, 4.69) is 14.8 Å². The maximum Gasteiger partial charge on any atom is 0.260 e. The van der Waals surface area contributed by atoms with E-state index in [4.69, 9.17) is 27.9 Å². The molecule has 3 heterocycles. The summed E-state index contributed by atoms with van der Waals surface area (Å²) < 4.78 is 7.91. The normalized spacial score (nSPS) is 19.8. The molecule has 6 nitrogen and oxygen atoms in total. The molecule has 1 atom stereocenters. The summed E-state index contributed by atoms with van der Waals surface area (Å²) in [7, 11) is 0. The molecule has 150 valence electrons. The highest BCUT2D eigenvalue weighted by Crippen LogP contribution is 2.29. The summed E-state index contributed by atoms with van der Waals surface area (Å²) in [5.41, 5.74) is 0. The van der Waals surface area contributed by atoms with Gasteiger partial charge in [0.15, 0.2) is 6.61 Å². The lowest BCUT2D eigenvalue weighted by Crippen LogP contribution is -2.42. The fraction of sp³-hybridized carbons (Fsp3) is 0.550. The van der Waals surface area contributed by atoms with Crippen molar-refractivity contribution in [1.29, 1.82) is 0 Å². The number of halogens is 2. The number of carbonyl (C=O) groups excluding carboxylic acids is 1. The first-order valence-electron chi connectivity index (χ1n) is 9.89. The molecule has 1 aromatic heterocycles. The minimum atomic E-state index is -0.0219. The summed E-state index contributed by atoms with van der Waals surface area (Å²) in [6.45, 7) is 2.40. The molecule has 1 aromatic carbocycles. The lowest BCUT2D eigenvalue weighted by Gasteiger charge is -2.32. The van der Waals surface area contributed by atoms with Crippen molar-refractivity contribution in [1.82, 2.24) is 19.7 Å². The first-order valence-corrected chi connectivity index (χ1v) is 10.6. The number of fused-ring (bicyclic) bond motifs is 1. The summed E-state index contributed by atoms with van der Waals surface area (Å²) in [4.78, 5) is 14.6. The van der Waals surface area contributed by atoms with Gasteiger partial charge >= 0.3 is 0 Å². The Morgan fingerprint density at radius 2 is 2.00 bits per heavy atom. The molecule has 1 amide bonds. The van der Waals surface area contributed by atoms with Crippen LogP contribution >= 0.6 is 23.2 Å². The van der Waals surface area contributed by atoms with Crippen LogP contribution in [0.1, 0.15) is 49.7 Å². The Hall–Kier alpha value is -1.79. The van der Waals surface area contributed by atoms with Crippen LogP contribution in [0.5, 0.6) is 5.75 Å². The van der Waals surface area contributed by atoms with Crippen LogP contribution < -0.4 is 4.74 Å². The lowest BCUT2D eigenvalue weighted by molar-refractivity contribution is -0.134. The van der Waals surface area contributed by atoms with Crippen molar-refractivity contribution in [3.05, 3.63) is 39.9 Å². The Balaban J connectivity index is 1.39. The van der Waals surface area contributed by atoms with Crippen LogP contribution in [-0.4, -0.2) is 45.3 Å². The van der Waals surface area contributed by atoms with Crippen molar-refractivity contribution in [3.8, 4) is 5.75 Å². The van der Waals surface area contributed by atoms with Gasteiger partial charge in [0.05, 0.1) is 10.0 Å². The van der Waals surface area contributed by atoms with Gasteiger partial charge in [0.2, 0.25) is 0 Å². The number of aromatic nitrogens is 3. The van der Waals surface area contributed by atoms with E-state index < -0.39 is 0 Å². The monoisotopic (exact) mass is 422 g/mol. The van der Waals surface area contributed by atoms with Crippen molar-refractivity contribution in [2.75, 3.05) is 19.7 Å². The second-order valence-corrected chi connectivity index (χ2v) is 8.29. The first-order chi connectivity index (χ1) is 13.6. The van der Waals surface area contributed by atoms with Crippen LogP contribution in [0.2, 0.25) is 10.0 Å². The van der Waals surface area contributed by atoms with Crippen LogP contribution in [0.3, 0.4) is 0 Å². The van der Waals surface area contributed by atoms with Crippen LogP contribution in [0.15, 0.2) is 18.2 Å². The van der Waals surface area contributed by atoms with Crippen molar-refractivity contribution >= 4 is 29.1 Å². The average molecular weight is 423 g/mol. The Kier molecular flexibility index (Phi) is 6.07. The molecule has 4 rings (SSSR count). The number of piperidine rings is 1. The van der Waals surface area contributed by atoms with Crippen LogP contribution in [0, 0.1) is 0 Å². The van der Waals surface area contributed by atoms with Gasteiger partial charge in [0.1, 0.15) is 17.4 Å². The second kappa shape index (κ2) is 8.70. The van der Waals surface area contributed by atoms with Crippen molar-refractivity contribution in [2.24, 2.45) is 0 Å². The molecule has 2 aliphatic heterocycles. The fourth-order valence-corrected chi connectivity index (χ4v) is 4.32. The van der Waals surface area contributed by atoms with E-state index in [1.807, 2.05) is 4.90 Å². The number of nitrogens with zero attached hydrogens (tertiary/aromatic N) is 4. The van der Waals surface area contributed by atoms with Crippen LogP contribution in [-0.2, 0) is 17.8 Å². The topological polar surface area (TPSA) is 60.2 Å². The van der Waals surface area contributed by atoms with Crippen molar-refractivity contribution in [2.45, 2.75) is 51.0 Å². The molecule has 0 radical (unpaired) electrons. The maximum absolute atomic E-state index is 12.7. The molecule has 0 N–H and O–H groups in total. The highest BCUT2D eigenvalue weighted by Gasteiger charge is 2.29. The van der Waals surface area contributed by atoms with Gasteiger partial charge in [-0.1, -0.05) is 29.6 Å². The molecule has 2 aromatic rings.